The SMILES string of the molecule is CC(C)N1CCN(c2ncc(Br)cc2CCl)CC1. The molecule has 0 bridgehead atoms. The van der Waals surface area contributed by atoms with Gasteiger partial charge in [-0.25, -0.2) is 4.98 Å². The minimum absolute atomic E-state index is 0.506. The first kappa shape index (κ1) is 14.1. The number of halogens is 2. The number of hydrogen-bond donors (Lipinski definition) is 0. The van der Waals surface area contributed by atoms with Crippen LogP contribution in [0.1, 0.15) is 19.4 Å². The van der Waals surface area contributed by atoms with E-state index in [-0.39, 0.29) is 0 Å². The Hall–Kier alpha value is -0.320. The number of pyridine rings is 1. The molecular formula is C13H19BrClN3. The molecule has 3 nitrogen and oxygen atoms in total. The zero-order valence-electron chi connectivity index (χ0n) is 10.9. The van der Waals surface area contributed by atoms with Crippen LogP contribution >= 0.6 is 27.5 Å². The fourth-order valence-electron chi connectivity index (χ4n) is 2.31. The molecule has 0 N–H and O–H groups in total. The predicted octanol–water partition coefficient (Wildman–Crippen LogP) is 3.11. The topological polar surface area (TPSA) is 19.4 Å². The van der Waals surface area contributed by atoms with Gasteiger partial charge in [-0.3, -0.25) is 4.90 Å². The number of rotatable bonds is 3. The van der Waals surface area contributed by atoms with Crippen LogP contribution in [-0.2, 0) is 5.88 Å². The highest BCUT2D eigenvalue weighted by molar-refractivity contribution is 9.10. The minimum atomic E-state index is 0.506. The van der Waals surface area contributed by atoms with Crippen LogP contribution < -0.4 is 4.90 Å². The summed E-state index contributed by atoms with van der Waals surface area (Å²) >= 11 is 9.45. The van der Waals surface area contributed by atoms with E-state index < -0.39 is 0 Å². The molecule has 0 spiro atoms. The van der Waals surface area contributed by atoms with E-state index in [0.717, 1.165) is 42.0 Å². The highest BCUT2D eigenvalue weighted by Crippen LogP contribution is 2.24. The largest absolute Gasteiger partial charge is 0.354 e. The van der Waals surface area contributed by atoms with E-state index in [1.165, 1.54) is 0 Å². The Labute approximate surface area is 122 Å². The summed E-state index contributed by atoms with van der Waals surface area (Å²) in [6.45, 7) is 8.73. The van der Waals surface area contributed by atoms with Crippen molar-refractivity contribution in [1.82, 2.24) is 9.88 Å². The quantitative estimate of drug-likeness (QED) is 0.793. The summed E-state index contributed by atoms with van der Waals surface area (Å²) in [5.41, 5.74) is 1.10. The lowest BCUT2D eigenvalue weighted by molar-refractivity contribution is 0.209. The van der Waals surface area contributed by atoms with E-state index in [1.54, 1.807) is 0 Å². The maximum absolute atomic E-state index is 6.00. The molecule has 1 aromatic rings. The molecule has 0 atom stereocenters. The molecule has 0 aromatic carbocycles. The molecule has 2 heterocycles. The smallest absolute Gasteiger partial charge is 0.133 e. The first-order valence-electron chi connectivity index (χ1n) is 6.31. The van der Waals surface area contributed by atoms with Gasteiger partial charge in [0.25, 0.3) is 0 Å². The van der Waals surface area contributed by atoms with Gasteiger partial charge in [-0.1, -0.05) is 0 Å². The maximum atomic E-state index is 6.00. The summed E-state index contributed by atoms with van der Waals surface area (Å²) in [6.07, 6.45) is 1.85. The normalized spacial score (nSPS) is 17.5. The Morgan fingerprint density at radius 2 is 2.00 bits per heavy atom. The van der Waals surface area contributed by atoms with Gasteiger partial charge in [0.05, 0.1) is 5.88 Å². The summed E-state index contributed by atoms with van der Waals surface area (Å²) in [6, 6.07) is 2.68. The average molecular weight is 333 g/mol. The van der Waals surface area contributed by atoms with Gasteiger partial charge in [-0.05, 0) is 35.8 Å². The van der Waals surface area contributed by atoms with Crippen LogP contribution in [0.25, 0.3) is 0 Å². The first-order chi connectivity index (χ1) is 8.61. The highest BCUT2D eigenvalue weighted by Gasteiger charge is 2.21. The van der Waals surface area contributed by atoms with Crippen LogP contribution in [-0.4, -0.2) is 42.1 Å². The van der Waals surface area contributed by atoms with Crippen molar-refractivity contribution >= 4 is 33.3 Å². The van der Waals surface area contributed by atoms with Crippen molar-refractivity contribution in [2.24, 2.45) is 0 Å². The molecule has 1 aliphatic rings. The summed E-state index contributed by atoms with van der Waals surface area (Å²) in [5, 5.41) is 0. The lowest BCUT2D eigenvalue weighted by atomic mass is 10.2. The summed E-state index contributed by atoms with van der Waals surface area (Å²) < 4.78 is 0.989. The zero-order chi connectivity index (χ0) is 13.1. The predicted molar refractivity (Wildman–Crippen MR) is 80.4 cm³/mol. The molecular weight excluding hydrogens is 314 g/mol. The minimum Gasteiger partial charge on any atom is -0.354 e. The van der Waals surface area contributed by atoms with Crippen molar-refractivity contribution in [2.75, 3.05) is 31.1 Å². The molecule has 1 saturated heterocycles. The number of anilines is 1. The molecule has 1 aromatic heterocycles. The summed E-state index contributed by atoms with van der Waals surface area (Å²) in [5.74, 6) is 1.54. The van der Waals surface area contributed by atoms with Gasteiger partial charge >= 0.3 is 0 Å². The molecule has 0 amide bonds. The van der Waals surface area contributed by atoms with Crippen LogP contribution in [0, 0.1) is 0 Å². The molecule has 2 rings (SSSR count). The Bertz CT molecular complexity index is 403. The fraction of sp³-hybridized carbons (Fsp3) is 0.615. The van der Waals surface area contributed by atoms with Crippen molar-refractivity contribution < 1.29 is 0 Å². The number of nitrogens with zero attached hydrogens (tertiary/aromatic N) is 3. The third kappa shape index (κ3) is 3.16. The summed E-state index contributed by atoms with van der Waals surface area (Å²) in [7, 11) is 0. The van der Waals surface area contributed by atoms with Gasteiger partial charge in [0.2, 0.25) is 0 Å². The Morgan fingerprint density at radius 3 is 2.56 bits per heavy atom. The second-order valence-electron chi connectivity index (χ2n) is 4.89. The Kier molecular flexibility index (Phi) is 4.87. The number of piperazine rings is 1. The van der Waals surface area contributed by atoms with Crippen LogP contribution in [0.4, 0.5) is 5.82 Å². The molecule has 100 valence electrons. The van der Waals surface area contributed by atoms with Crippen molar-refractivity contribution in [2.45, 2.75) is 25.8 Å². The molecule has 18 heavy (non-hydrogen) atoms. The molecule has 5 heteroatoms. The van der Waals surface area contributed by atoms with Crippen LogP contribution in [0.15, 0.2) is 16.7 Å². The van der Waals surface area contributed by atoms with Gasteiger partial charge < -0.3 is 4.90 Å². The van der Waals surface area contributed by atoms with Crippen LogP contribution in [0.2, 0.25) is 0 Å². The van der Waals surface area contributed by atoms with E-state index >= 15 is 0 Å². The van der Waals surface area contributed by atoms with E-state index in [2.05, 4.69) is 50.6 Å². The van der Waals surface area contributed by atoms with Crippen molar-refractivity contribution in [3.05, 3.63) is 22.3 Å². The maximum Gasteiger partial charge on any atom is 0.133 e. The van der Waals surface area contributed by atoms with E-state index in [9.17, 15) is 0 Å². The number of hydrogen-bond acceptors (Lipinski definition) is 3. The third-order valence-electron chi connectivity index (χ3n) is 3.40. The highest BCUT2D eigenvalue weighted by atomic mass is 79.9. The monoisotopic (exact) mass is 331 g/mol. The summed E-state index contributed by atoms with van der Waals surface area (Å²) in [4.78, 5) is 9.35. The van der Waals surface area contributed by atoms with Gasteiger partial charge in [0.1, 0.15) is 5.82 Å². The Morgan fingerprint density at radius 1 is 1.33 bits per heavy atom. The van der Waals surface area contributed by atoms with Gasteiger partial charge in [0.15, 0.2) is 0 Å². The van der Waals surface area contributed by atoms with Crippen LogP contribution in [0.5, 0.6) is 0 Å². The number of alkyl halides is 1. The fourth-order valence-corrected chi connectivity index (χ4v) is 2.88. The van der Waals surface area contributed by atoms with Gasteiger partial charge in [-0.2, -0.15) is 0 Å². The van der Waals surface area contributed by atoms with Crippen LogP contribution in [0.3, 0.4) is 0 Å². The van der Waals surface area contributed by atoms with Crippen molar-refractivity contribution in [1.29, 1.82) is 0 Å². The molecule has 0 radical (unpaired) electrons. The van der Waals surface area contributed by atoms with Gasteiger partial charge in [-0.15, -0.1) is 11.6 Å². The zero-order valence-corrected chi connectivity index (χ0v) is 13.2. The molecule has 0 unspecified atom stereocenters. The van der Waals surface area contributed by atoms with Crippen molar-refractivity contribution in [3.63, 3.8) is 0 Å². The second kappa shape index (κ2) is 6.22. The van der Waals surface area contributed by atoms with E-state index in [0.29, 0.717) is 11.9 Å². The Balaban J connectivity index is 2.09. The van der Waals surface area contributed by atoms with E-state index in [4.69, 9.17) is 11.6 Å². The number of aromatic nitrogens is 1. The molecule has 1 aliphatic heterocycles. The average Bonchev–Trinajstić information content (AvgIpc) is 2.38. The second-order valence-corrected chi connectivity index (χ2v) is 6.07. The molecule has 0 aliphatic carbocycles. The van der Waals surface area contributed by atoms with E-state index in [1.807, 2.05) is 6.20 Å². The lowest BCUT2D eigenvalue weighted by Gasteiger charge is -2.38. The third-order valence-corrected chi connectivity index (χ3v) is 4.12. The van der Waals surface area contributed by atoms with Crippen molar-refractivity contribution in [3.8, 4) is 0 Å². The molecule has 1 fully saturated rings. The lowest BCUT2D eigenvalue weighted by Crippen LogP contribution is -2.49. The molecule has 0 saturated carbocycles. The first-order valence-corrected chi connectivity index (χ1v) is 7.64. The van der Waals surface area contributed by atoms with Gasteiger partial charge in [0, 0.05) is 48.5 Å². The standard InChI is InChI=1S/C13H19BrClN3/c1-10(2)17-3-5-18(6-4-17)13-11(8-15)7-12(14)9-16-13/h7,9-10H,3-6,8H2,1-2H3.